The fourth-order valence-corrected chi connectivity index (χ4v) is 1.92. The maximum atomic E-state index is 13.1. The highest BCUT2D eigenvalue weighted by molar-refractivity contribution is 6.07. The molecule has 0 spiro atoms. The minimum Gasteiger partial charge on any atom is -0.305 e. The van der Waals surface area contributed by atoms with Crippen molar-refractivity contribution in [3.63, 3.8) is 0 Å². The molecule has 100 valence electrons. The molecular weight excluding hydrogens is 264 g/mol. The van der Waals surface area contributed by atoms with Crippen LogP contribution in [0, 0.1) is 11.6 Å². The number of fused-ring (bicyclic) bond motifs is 1. The molecule has 0 atom stereocenters. The van der Waals surface area contributed by atoms with Gasteiger partial charge in [-0.05, 0) is 24.3 Å². The fourth-order valence-electron chi connectivity index (χ4n) is 1.92. The Bertz CT molecular complexity index is 778. The van der Waals surface area contributed by atoms with E-state index in [0.717, 1.165) is 23.0 Å². The second-order valence-electron chi connectivity index (χ2n) is 4.23. The summed E-state index contributed by atoms with van der Waals surface area (Å²) in [4.78, 5) is 12.0. The van der Waals surface area contributed by atoms with Crippen LogP contribution < -0.4 is 5.32 Å². The molecule has 0 radical (unpaired) electrons. The average molecular weight is 273 g/mol. The summed E-state index contributed by atoms with van der Waals surface area (Å²) in [5.74, 6) is -1.92. The molecule has 0 bridgehead atoms. The van der Waals surface area contributed by atoms with Crippen molar-refractivity contribution in [2.75, 3.05) is 5.32 Å². The van der Waals surface area contributed by atoms with E-state index in [-0.39, 0.29) is 5.56 Å². The van der Waals surface area contributed by atoms with Crippen LogP contribution in [-0.2, 0) is 0 Å². The van der Waals surface area contributed by atoms with Crippen LogP contribution in [-0.4, -0.2) is 16.1 Å². The number of aromatic amines is 1. The van der Waals surface area contributed by atoms with E-state index in [2.05, 4.69) is 15.5 Å². The number of amides is 1. The van der Waals surface area contributed by atoms with Gasteiger partial charge in [0.2, 0.25) is 0 Å². The number of anilines is 1. The van der Waals surface area contributed by atoms with Gasteiger partial charge in [0.25, 0.3) is 5.91 Å². The second kappa shape index (κ2) is 4.73. The van der Waals surface area contributed by atoms with Crippen molar-refractivity contribution in [3.05, 3.63) is 59.7 Å². The zero-order chi connectivity index (χ0) is 14.1. The van der Waals surface area contributed by atoms with E-state index in [0.29, 0.717) is 11.9 Å². The fraction of sp³-hybridized carbons (Fsp3) is 0. The van der Waals surface area contributed by atoms with E-state index in [1.807, 2.05) is 6.07 Å². The summed E-state index contributed by atoms with van der Waals surface area (Å²) in [6.07, 6.45) is 0. The molecule has 20 heavy (non-hydrogen) atoms. The molecule has 0 aliphatic rings. The van der Waals surface area contributed by atoms with E-state index in [1.165, 1.54) is 0 Å². The van der Waals surface area contributed by atoms with Crippen LogP contribution in [0.5, 0.6) is 0 Å². The molecule has 1 aromatic heterocycles. The van der Waals surface area contributed by atoms with E-state index in [9.17, 15) is 13.6 Å². The first-order valence-electron chi connectivity index (χ1n) is 5.84. The highest BCUT2D eigenvalue weighted by Gasteiger charge is 2.12. The SMILES string of the molecule is O=C(Nc1n[nH]c2ccccc12)c1cc(F)cc(F)c1. The lowest BCUT2D eigenvalue weighted by Crippen LogP contribution is -2.13. The monoisotopic (exact) mass is 273 g/mol. The Labute approximate surface area is 112 Å². The van der Waals surface area contributed by atoms with Gasteiger partial charge >= 0.3 is 0 Å². The number of H-pyrrole nitrogens is 1. The number of carbonyl (C=O) groups excluding carboxylic acids is 1. The maximum Gasteiger partial charge on any atom is 0.257 e. The van der Waals surface area contributed by atoms with Crippen LogP contribution in [0.3, 0.4) is 0 Å². The Morgan fingerprint density at radius 2 is 1.80 bits per heavy atom. The van der Waals surface area contributed by atoms with Crippen LogP contribution >= 0.6 is 0 Å². The van der Waals surface area contributed by atoms with E-state index in [1.54, 1.807) is 18.2 Å². The smallest absolute Gasteiger partial charge is 0.257 e. The zero-order valence-electron chi connectivity index (χ0n) is 10.2. The molecule has 0 saturated carbocycles. The van der Waals surface area contributed by atoms with Crippen LogP contribution in [0.2, 0.25) is 0 Å². The highest BCUT2D eigenvalue weighted by atomic mass is 19.1. The number of hydrogen-bond acceptors (Lipinski definition) is 2. The van der Waals surface area contributed by atoms with Crippen LogP contribution in [0.1, 0.15) is 10.4 Å². The number of hydrogen-bond donors (Lipinski definition) is 2. The standard InChI is InChI=1S/C14H9F2N3O/c15-9-5-8(6-10(16)7-9)14(20)17-13-11-3-1-2-4-12(11)18-19-13/h1-7H,(H2,17,18,19,20). The largest absolute Gasteiger partial charge is 0.305 e. The van der Waals surface area contributed by atoms with Crippen LogP contribution in [0.25, 0.3) is 10.9 Å². The summed E-state index contributed by atoms with van der Waals surface area (Å²) in [5, 5.41) is 9.96. The third-order valence-electron chi connectivity index (χ3n) is 2.83. The molecule has 6 heteroatoms. The third kappa shape index (κ3) is 2.23. The number of aromatic nitrogens is 2. The maximum absolute atomic E-state index is 13.1. The zero-order valence-corrected chi connectivity index (χ0v) is 10.2. The number of para-hydroxylation sites is 1. The lowest BCUT2D eigenvalue weighted by atomic mass is 10.2. The quantitative estimate of drug-likeness (QED) is 0.753. The average Bonchev–Trinajstić information content (AvgIpc) is 2.81. The van der Waals surface area contributed by atoms with Gasteiger partial charge in [0.05, 0.1) is 5.52 Å². The van der Waals surface area contributed by atoms with Crippen molar-refractivity contribution in [1.82, 2.24) is 10.2 Å². The Morgan fingerprint density at radius 3 is 2.55 bits per heavy atom. The predicted molar refractivity (Wildman–Crippen MR) is 70.4 cm³/mol. The lowest BCUT2D eigenvalue weighted by Gasteiger charge is -2.03. The van der Waals surface area contributed by atoms with Gasteiger partial charge in [-0.3, -0.25) is 9.89 Å². The molecule has 2 N–H and O–H groups in total. The van der Waals surface area contributed by atoms with Gasteiger partial charge in [-0.25, -0.2) is 8.78 Å². The van der Waals surface area contributed by atoms with Crippen molar-refractivity contribution < 1.29 is 13.6 Å². The van der Waals surface area contributed by atoms with Gasteiger partial charge in [-0.2, -0.15) is 5.10 Å². The number of benzene rings is 2. The number of rotatable bonds is 2. The van der Waals surface area contributed by atoms with Gasteiger partial charge in [0, 0.05) is 17.0 Å². The topological polar surface area (TPSA) is 57.8 Å². The first-order chi connectivity index (χ1) is 9.63. The molecular formula is C14H9F2N3O. The molecule has 3 rings (SSSR count). The van der Waals surface area contributed by atoms with Crippen molar-refractivity contribution >= 4 is 22.6 Å². The predicted octanol–water partition coefficient (Wildman–Crippen LogP) is 3.09. The molecule has 0 aliphatic carbocycles. The van der Waals surface area contributed by atoms with Crippen molar-refractivity contribution in [2.24, 2.45) is 0 Å². The summed E-state index contributed by atoms with van der Waals surface area (Å²) < 4.78 is 26.2. The lowest BCUT2D eigenvalue weighted by molar-refractivity contribution is 0.102. The molecule has 0 fully saturated rings. The molecule has 4 nitrogen and oxygen atoms in total. The van der Waals surface area contributed by atoms with Crippen molar-refractivity contribution in [2.45, 2.75) is 0 Å². The minimum absolute atomic E-state index is 0.102. The molecule has 3 aromatic rings. The second-order valence-corrected chi connectivity index (χ2v) is 4.23. The van der Waals surface area contributed by atoms with E-state index >= 15 is 0 Å². The summed E-state index contributed by atoms with van der Waals surface area (Å²) in [6, 6.07) is 9.85. The minimum atomic E-state index is -0.804. The van der Waals surface area contributed by atoms with Crippen LogP contribution in [0.15, 0.2) is 42.5 Å². The Balaban J connectivity index is 1.92. The van der Waals surface area contributed by atoms with Crippen molar-refractivity contribution in [1.29, 1.82) is 0 Å². The van der Waals surface area contributed by atoms with E-state index in [4.69, 9.17) is 0 Å². The number of nitrogens with zero attached hydrogens (tertiary/aromatic N) is 1. The number of carbonyl (C=O) groups is 1. The first kappa shape index (κ1) is 12.3. The number of halogens is 2. The summed E-state index contributed by atoms with van der Waals surface area (Å²) in [7, 11) is 0. The first-order valence-corrected chi connectivity index (χ1v) is 5.84. The third-order valence-corrected chi connectivity index (χ3v) is 2.83. The molecule has 1 amide bonds. The molecule has 2 aromatic carbocycles. The van der Waals surface area contributed by atoms with Gasteiger partial charge in [0.15, 0.2) is 5.82 Å². The van der Waals surface area contributed by atoms with Gasteiger partial charge in [-0.1, -0.05) is 12.1 Å². The van der Waals surface area contributed by atoms with Crippen molar-refractivity contribution in [3.8, 4) is 0 Å². The van der Waals surface area contributed by atoms with E-state index < -0.39 is 17.5 Å². The Kier molecular flexibility index (Phi) is 2.90. The molecule has 1 heterocycles. The number of nitrogens with one attached hydrogen (secondary N) is 2. The normalized spacial score (nSPS) is 10.7. The highest BCUT2D eigenvalue weighted by Crippen LogP contribution is 2.20. The van der Waals surface area contributed by atoms with Gasteiger partial charge in [-0.15, -0.1) is 0 Å². The molecule has 0 unspecified atom stereocenters. The Hall–Kier alpha value is -2.76. The van der Waals surface area contributed by atoms with Gasteiger partial charge < -0.3 is 5.32 Å². The van der Waals surface area contributed by atoms with Crippen LogP contribution in [0.4, 0.5) is 14.6 Å². The summed E-state index contributed by atoms with van der Waals surface area (Å²) in [6.45, 7) is 0. The molecule has 0 aliphatic heterocycles. The summed E-state index contributed by atoms with van der Waals surface area (Å²) >= 11 is 0. The Morgan fingerprint density at radius 1 is 1.10 bits per heavy atom. The van der Waals surface area contributed by atoms with Gasteiger partial charge in [0.1, 0.15) is 11.6 Å². The molecule has 0 saturated heterocycles. The summed E-state index contributed by atoms with van der Waals surface area (Å²) in [5.41, 5.74) is 0.655.